The van der Waals surface area contributed by atoms with E-state index in [1.54, 1.807) is 35.6 Å². The van der Waals surface area contributed by atoms with Gasteiger partial charge in [0.1, 0.15) is 5.82 Å². The molecule has 3 heterocycles. The second-order valence-electron chi connectivity index (χ2n) is 7.09. The number of hydrogen-bond acceptors (Lipinski definition) is 4. The van der Waals surface area contributed by atoms with Gasteiger partial charge in [0.2, 0.25) is 5.91 Å². The van der Waals surface area contributed by atoms with Gasteiger partial charge in [-0.05, 0) is 48.6 Å². The summed E-state index contributed by atoms with van der Waals surface area (Å²) in [4.78, 5) is 27.6. The average Bonchev–Trinajstić information content (AvgIpc) is 3.46. The van der Waals surface area contributed by atoms with E-state index in [1.165, 1.54) is 12.1 Å². The van der Waals surface area contributed by atoms with Gasteiger partial charge in [0.15, 0.2) is 5.69 Å². The summed E-state index contributed by atoms with van der Waals surface area (Å²) in [5.74, 6) is -0.755. The number of nitrogens with one attached hydrogen (secondary N) is 2. The van der Waals surface area contributed by atoms with Crippen molar-refractivity contribution < 1.29 is 14.0 Å². The summed E-state index contributed by atoms with van der Waals surface area (Å²) in [6.45, 7) is 1.29. The number of thiophene rings is 1. The van der Waals surface area contributed by atoms with E-state index in [9.17, 15) is 14.0 Å². The van der Waals surface area contributed by atoms with Crippen molar-refractivity contribution in [3.05, 3.63) is 76.0 Å². The number of piperidine rings is 1. The van der Waals surface area contributed by atoms with Gasteiger partial charge in [-0.2, -0.15) is 5.10 Å². The topological polar surface area (TPSA) is 78.1 Å². The number of likely N-dealkylation sites (tertiary alicyclic amines) is 1. The van der Waals surface area contributed by atoms with Crippen LogP contribution in [0, 0.1) is 5.82 Å². The number of carbonyl (C=O) groups excluding carboxylic acids is 2. The standard InChI is InChI=1S/C22H21FN4O2S/c23-17-5-1-2-6-18(17)24-22(29)20-14-19(25-26-20)15-9-11-27(12-10-15)21(28)8-7-16-4-3-13-30-16/h1-8,13-15H,9-12H2,(H,24,29)(H,25,26). The molecule has 2 amide bonds. The summed E-state index contributed by atoms with van der Waals surface area (Å²) in [7, 11) is 0. The zero-order valence-corrected chi connectivity index (χ0v) is 17.0. The van der Waals surface area contributed by atoms with Gasteiger partial charge < -0.3 is 10.2 Å². The molecule has 0 atom stereocenters. The Bertz CT molecular complexity index is 1050. The predicted octanol–water partition coefficient (Wildman–Crippen LogP) is 4.28. The summed E-state index contributed by atoms with van der Waals surface area (Å²) < 4.78 is 13.7. The smallest absolute Gasteiger partial charge is 0.276 e. The van der Waals surface area contributed by atoms with Crippen LogP contribution in [-0.2, 0) is 4.79 Å². The van der Waals surface area contributed by atoms with Crippen LogP contribution < -0.4 is 5.32 Å². The van der Waals surface area contributed by atoms with Crippen molar-refractivity contribution in [3.8, 4) is 0 Å². The van der Waals surface area contributed by atoms with Crippen molar-refractivity contribution in [2.24, 2.45) is 0 Å². The molecule has 1 fully saturated rings. The fourth-order valence-electron chi connectivity index (χ4n) is 3.47. The first-order valence-corrected chi connectivity index (χ1v) is 10.6. The summed E-state index contributed by atoms with van der Waals surface area (Å²) in [6, 6.07) is 11.6. The van der Waals surface area contributed by atoms with Gasteiger partial charge >= 0.3 is 0 Å². The maximum atomic E-state index is 13.7. The highest BCUT2D eigenvalue weighted by molar-refractivity contribution is 7.10. The number of aromatic amines is 1. The fraction of sp³-hybridized carbons (Fsp3) is 0.227. The van der Waals surface area contributed by atoms with E-state index in [2.05, 4.69) is 15.5 Å². The molecular weight excluding hydrogens is 403 g/mol. The maximum absolute atomic E-state index is 13.7. The van der Waals surface area contributed by atoms with Crippen LogP contribution in [0.2, 0.25) is 0 Å². The molecule has 30 heavy (non-hydrogen) atoms. The molecule has 0 radical (unpaired) electrons. The highest BCUT2D eigenvalue weighted by Crippen LogP contribution is 2.27. The quantitative estimate of drug-likeness (QED) is 0.600. The summed E-state index contributed by atoms with van der Waals surface area (Å²) in [5, 5.41) is 11.5. The van der Waals surface area contributed by atoms with Crippen LogP contribution in [-0.4, -0.2) is 40.0 Å². The highest BCUT2D eigenvalue weighted by Gasteiger charge is 2.25. The molecule has 1 aromatic carbocycles. The van der Waals surface area contributed by atoms with E-state index < -0.39 is 11.7 Å². The van der Waals surface area contributed by atoms with Crippen LogP contribution in [0.25, 0.3) is 6.08 Å². The lowest BCUT2D eigenvalue weighted by Gasteiger charge is -2.30. The Balaban J connectivity index is 1.32. The molecular formula is C22H21FN4O2S. The Morgan fingerprint density at radius 1 is 1.20 bits per heavy atom. The van der Waals surface area contributed by atoms with Crippen LogP contribution in [0.15, 0.2) is 53.9 Å². The number of nitrogens with zero attached hydrogens (tertiary/aromatic N) is 2. The third-order valence-corrected chi connectivity index (χ3v) is 5.97. The Morgan fingerprint density at radius 3 is 2.73 bits per heavy atom. The molecule has 4 rings (SSSR count). The number of hydrogen-bond donors (Lipinski definition) is 2. The van der Waals surface area contributed by atoms with E-state index in [0.717, 1.165) is 23.4 Å². The number of H-pyrrole nitrogens is 1. The van der Waals surface area contributed by atoms with Crippen LogP contribution in [0.1, 0.15) is 39.8 Å². The van der Waals surface area contributed by atoms with Crippen molar-refractivity contribution in [2.45, 2.75) is 18.8 Å². The van der Waals surface area contributed by atoms with Crippen molar-refractivity contribution >= 4 is 34.9 Å². The number of anilines is 1. The molecule has 0 aliphatic carbocycles. The van der Waals surface area contributed by atoms with Gasteiger partial charge in [-0.3, -0.25) is 14.7 Å². The first kappa shape index (κ1) is 20.0. The molecule has 1 aliphatic rings. The molecule has 0 unspecified atom stereocenters. The van der Waals surface area contributed by atoms with Gasteiger partial charge in [0.25, 0.3) is 5.91 Å². The third kappa shape index (κ3) is 4.65. The van der Waals surface area contributed by atoms with Crippen LogP contribution >= 0.6 is 11.3 Å². The van der Waals surface area contributed by atoms with Gasteiger partial charge in [0, 0.05) is 35.7 Å². The lowest BCUT2D eigenvalue weighted by Crippen LogP contribution is -2.36. The van der Waals surface area contributed by atoms with Gasteiger partial charge in [-0.15, -0.1) is 11.3 Å². The van der Waals surface area contributed by atoms with E-state index in [4.69, 9.17) is 0 Å². The maximum Gasteiger partial charge on any atom is 0.276 e. The SMILES string of the molecule is O=C(Nc1ccccc1F)c1cc(C2CCN(C(=O)C=Cc3cccs3)CC2)[nH]n1. The molecule has 0 saturated carbocycles. The largest absolute Gasteiger partial charge is 0.339 e. The second-order valence-corrected chi connectivity index (χ2v) is 8.07. The Kier molecular flexibility index (Phi) is 6.04. The lowest BCUT2D eigenvalue weighted by molar-refractivity contribution is -0.126. The molecule has 3 aromatic rings. The number of para-hydroxylation sites is 1. The molecule has 1 saturated heterocycles. The molecule has 0 spiro atoms. The zero-order chi connectivity index (χ0) is 20.9. The second kappa shape index (κ2) is 9.04. The van der Waals surface area contributed by atoms with Crippen molar-refractivity contribution in [1.29, 1.82) is 0 Å². The number of benzene rings is 1. The minimum Gasteiger partial charge on any atom is -0.339 e. The highest BCUT2D eigenvalue weighted by atomic mass is 32.1. The molecule has 6 nitrogen and oxygen atoms in total. The van der Waals surface area contributed by atoms with E-state index in [1.807, 2.05) is 28.5 Å². The average molecular weight is 425 g/mol. The van der Waals surface area contributed by atoms with Crippen molar-refractivity contribution in [1.82, 2.24) is 15.1 Å². The third-order valence-electron chi connectivity index (χ3n) is 5.13. The van der Waals surface area contributed by atoms with E-state index in [0.29, 0.717) is 13.1 Å². The number of carbonyl (C=O) groups is 2. The molecule has 2 N–H and O–H groups in total. The first-order chi connectivity index (χ1) is 14.6. The molecule has 1 aliphatic heterocycles. The van der Waals surface area contributed by atoms with Gasteiger partial charge in [-0.25, -0.2) is 4.39 Å². The number of amides is 2. The van der Waals surface area contributed by atoms with Crippen LogP contribution in [0.5, 0.6) is 0 Å². The molecule has 0 bridgehead atoms. The van der Waals surface area contributed by atoms with E-state index in [-0.39, 0.29) is 23.2 Å². The van der Waals surface area contributed by atoms with Gasteiger partial charge in [0.05, 0.1) is 5.69 Å². The van der Waals surface area contributed by atoms with E-state index >= 15 is 0 Å². The number of halogens is 1. The van der Waals surface area contributed by atoms with Crippen LogP contribution in [0.4, 0.5) is 10.1 Å². The molecule has 2 aromatic heterocycles. The van der Waals surface area contributed by atoms with Crippen molar-refractivity contribution in [2.75, 3.05) is 18.4 Å². The van der Waals surface area contributed by atoms with Crippen LogP contribution in [0.3, 0.4) is 0 Å². The Morgan fingerprint density at radius 2 is 2.00 bits per heavy atom. The summed E-state index contributed by atoms with van der Waals surface area (Å²) >= 11 is 1.59. The Labute approximate surface area is 177 Å². The Hall–Kier alpha value is -3.26. The zero-order valence-electron chi connectivity index (χ0n) is 16.2. The fourth-order valence-corrected chi connectivity index (χ4v) is 4.08. The summed E-state index contributed by atoms with van der Waals surface area (Å²) in [5.41, 5.74) is 1.19. The minimum absolute atomic E-state index is 0.0106. The predicted molar refractivity (Wildman–Crippen MR) is 115 cm³/mol. The number of aromatic nitrogens is 2. The first-order valence-electron chi connectivity index (χ1n) is 9.72. The van der Waals surface area contributed by atoms with Crippen molar-refractivity contribution in [3.63, 3.8) is 0 Å². The van der Waals surface area contributed by atoms with Gasteiger partial charge in [-0.1, -0.05) is 18.2 Å². The molecule has 154 valence electrons. The normalized spacial score (nSPS) is 14.9. The monoisotopic (exact) mass is 424 g/mol. The summed E-state index contributed by atoms with van der Waals surface area (Å²) in [6.07, 6.45) is 5.03. The number of rotatable bonds is 5. The lowest BCUT2D eigenvalue weighted by atomic mass is 9.93. The molecule has 8 heteroatoms. The minimum atomic E-state index is -0.494.